The smallest absolute Gasteiger partial charge is 0.323 e. The van der Waals surface area contributed by atoms with Crippen LogP contribution in [0.1, 0.15) is 52.9 Å². The Kier molecular flexibility index (Phi) is 5.60. The molecule has 0 saturated heterocycles. The maximum absolute atomic E-state index is 11.6. The van der Waals surface area contributed by atoms with E-state index in [2.05, 4.69) is 24.2 Å². The Hall–Kier alpha value is -0.610. The van der Waals surface area contributed by atoms with Gasteiger partial charge in [0.2, 0.25) is 0 Å². The van der Waals surface area contributed by atoms with Crippen molar-refractivity contribution in [1.82, 2.24) is 10.2 Å². The lowest BCUT2D eigenvalue weighted by Crippen LogP contribution is -2.53. The lowest BCUT2D eigenvalue weighted by molar-refractivity contribution is -0.145. The number of nitrogens with zero attached hydrogens (tertiary/aromatic N) is 1. The zero-order chi connectivity index (χ0) is 13.8. The van der Waals surface area contributed by atoms with Crippen LogP contribution in [0.2, 0.25) is 0 Å². The first-order chi connectivity index (χ1) is 8.41. The summed E-state index contributed by atoms with van der Waals surface area (Å²) < 4.78 is 0. The van der Waals surface area contributed by atoms with E-state index in [1.807, 2.05) is 13.8 Å². The third kappa shape index (κ3) is 3.69. The van der Waals surface area contributed by atoms with Gasteiger partial charge in [-0.3, -0.25) is 10.1 Å². The summed E-state index contributed by atoms with van der Waals surface area (Å²) in [5.41, 5.74) is -0.709. The van der Waals surface area contributed by atoms with E-state index in [4.69, 9.17) is 0 Å². The monoisotopic (exact) mass is 256 g/mol. The predicted octanol–water partition coefficient (Wildman–Crippen LogP) is 2.09. The number of hydrogen-bond donors (Lipinski definition) is 2. The average Bonchev–Trinajstić information content (AvgIpc) is 2.70. The topological polar surface area (TPSA) is 52.6 Å². The summed E-state index contributed by atoms with van der Waals surface area (Å²) in [7, 11) is 2.12. The summed E-state index contributed by atoms with van der Waals surface area (Å²) >= 11 is 0. The highest BCUT2D eigenvalue weighted by molar-refractivity contribution is 5.79. The van der Waals surface area contributed by atoms with Crippen LogP contribution in [0.3, 0.4) is 0 Å². The number of rotatable bonds is 7. The lowest BCUT2D eigenvalue weighted by Gasteiger charge is -2.30. The van der Waals surface area contributed by atoms with Gasteiger partial charge in [0.25, 0.3) is 0 Å². The maximum Gasteiger partial charge on any atom is 0.323 e. The van der Waals surface area contributed by atoms with Gasteiger partial charge in [-0.15, -0.1) is 0 Å². The standard InChI is InChI=1S/C14H28N2O2/c1-5-6-9-16(4)12-7-8-14(10-12,13(17)18)15-11(2)3/h11-12,15H,5-10H2,1-4H3,(H,17,18). The normalized spacial score (nSPS) is 28.2. The zero-order valence-electron chi connectivity index (χ0n) is 12.2. The Morgan fingerprint density at radius 3 is 2.72 bits per heavy atom. The van der Waals surface area contributed by atoms with Gasteiger partial charge in [0.15, 0.2) is 0 Å². The molecule has 1 aliphatic rings. The molecule has 106 valence electrons. The molecule has 4 heteroatoms. The lowest BCUT2D eigenvalue weighted by atomic mass is 9.96. The third-order valence-corrected chi connectivity index (χ3v) is 3.95. The van der Waals surface area contributed by atoms with Crippen molar-refractivity contribution in [2.45, 2.75) is 70.5 Å². The molecule has 0 heterocycles. The van der Waals surface area contributed by atoms with E-state index >= 15 is 0 Å². The van der Waals surface area contributed by atoms with Crippen molar-refractivity contribution in [2.24, 2.45) is 0 Å². The molecule has 0 aromatic carbocycles. The second-order valence-electron chi connectivity index (χ2n) is 5.92. The Balaban J connectivity index is 2.62. The number of unbranched alkanes of at least 4 members (excludes halogenated alkanes) is 1. The van der Waals surface area contributed by atoms with Crippen molar-refractivity contribution in [3.05, 3.63) is 0 Å². The van der Waals surface area contributed by atoms with Crippen LogP contribution in [0.5, 0.6) is 0 Å². The molecule has 0 aromatic rings. The van der Waals surface area contributed by atoms with Crippen molar-refractivity contribution >= 4 is 5.97 Å². The zero-order valence-corrected chi connectivity index (χ0v) is 12.2. The molecule has 0 aliphatic heterocycles. The molecule has 0 spiro atoms. The minimum Gasteiger partial charge on any atom is -0.480 e. The van der Waals surface area contributed by atoms with E-state index in [0.29, 0.717) is 6.04 Å². The van der Waals surface area contributed by atoms with Gasteiger partial charge in [-0.25, -0.2) is 0 Å². The SMILES string of the molecule is CCCCN(C)C1CCC(NC(C)C)(C(=O)O)C1. The highest BCUT2D eigenvalue weighted by atomic mass is 16.4. The molecular formula is C14H28N2O2. The maximum atomic E-state index is 11.6. The third-order valence-electron chi connectivity index (χ3n) is 3.95. The van der Waals surface area contributed by atoms with Gasteiger partial charge in [-0.1, -0.05) is 13.3 Å². The molecule has 2 N–H and O–H groups in total. The predicted molar refractivity (Wildman–Crippen MR) is 73.8 cm³/mol. The van der Waals surface area contributed by atoms with Gasteiger partial charge in [0.05, 0.1) is 0 Å². The van der Waals surface area contributed by atoms with Gasteiger partial charge in [0.1, 0.15) is 5.54 Å². The van der Waals surface area contributed by atoms with Crippen molar-refractivity contribution in [1.29, 1.82) is 0 Å². The van der Waals surface area contributed by atoms with Gasteiger partial charge >= 0.3 is 5.97 Å². The Labute approximate surface area is 111 Å². The minimum absolute atomic E-state index is 0.209. The molecule has 2 unspecified atom stereocenters. The Bertz CT molecular complexity index is 281. The molecule has 2 atom stereocenters. The number of carboxylic acid groups (broad SMARTS) is 1. The first-order valence-corrected chi connectivity index (χ1v) is 7.12. The first-order valence-electron chi connectivity index (χ1n) is 7.12. The summed E-state index contributed by atoms with van der Waals surface area (Å²) in [6.45, 7) is 7.28. The van der Waals surface area contributed by atoms with E-state index in [-0.39, 0.29) is 6.04 Å². The highest BCUT2D eigenvalue weighted by Gasteiger charge is 2.46. The molecule has 0 radical (unpaired) electrons. The molecule has 1 fully saturated rings. The van der Waals surface area contributed by atoms with Crippen molar-refractivity contribution in [3.8, 4) is 0 Å². The molecule has 1 saturated carbocycles. The second kappa shape index (κ2) is 6.53. The molecule has 0 aromatic heterocycles. The number of carbonyl (C=O) groups is 1. The minimum atomic E-state index is -0.709. The quantitative estimate of drug-likeness (QED) is 0.732. The van der Waals surface area contributed by atoms with E-state index in [1.165, 1.54) is 12.8 Å². The van der Waals surface area contributed by atoms with Crippen molar-refractivity contribution < 1.29 is 9.90 Å². The molecular weight excluding hydrogens is 228 g/mol. The molecule has 4 nitrogen and oxygen atoms in total. The summed E-state index contributed by atoms with van der Waals surface area (Å²) in [6, 6.07) is 0.611. The van der Waals surface area contributed by atoms with Crippen LogP contribution in [-0.2, 0) is 4.79 Å². The first kappa shape index (κ1) is 15.4. The van der Waals surface area contributed by atoms with E-state index in [0.717, 1.165) is 25.8 Å². The van der Waals surface area contributed by atoms with E-state index in [1.54, 1.807) is 0 Å². The highest BCUT2D eigenvalue weighted by Crippen LogP contribution is 2.33. The van der Waals surface area contributed by atoms with Crippen LogP contribution in [0.4, 0.5) is 0 Å². The number of nitrogens with one attached hydrogen (secondary N) is 1. The Morgan fingerprint density at radius 1 is 1.56 bits per heavy atom. The largest absolute Gasteiger partial charge is 0.480 e. The number of carboxylic acids is 1. The Morgan fingerprint density at radius 2 is 2.22 bits per heavy atom. The van der Waals surface area contributed by atoms with Crippen molar-refractivity contribution in [2.75, 3.05) is 13.6 Å². The van der Waals surface area contributed by atoms with Crippen LogP contribution in [0, 0.1) is 0 Å². The second-order valence-corrected chi connectivity index (χ2v) is 5.92. The van der Waals surface area contributed by atoms with Crippen LogP contribution in [0.15, 0.2) is 0 Å². The molecule has 0 bridgehead atoms. The fourth-order valence-electron chi connectivity index (χ4n) is 2.93. The summed E-state index contributed by atoms with van der Waals surface area (Å²) in [6.07, 6.45) is 4.81. The van der Waals surface area contributed by atoms with Gasteiger partial charge in [-0.05, 0) is 53.1 Å². The summed E-state index contributed by atoms with van der Waals surface area (Å²) in [5, 5.41) is 12.8. The van der Waals surface area contributed by atoms with Gasteiger partial charge < -0.3 is 10.0 Å². The fraction of sp³-hybridized carbons (Fsp3) is 0.929. The van der Waals surface area contributed by atoms with E-state index in [9.17, 15) is 9.90 Å². The summed E-state index contributed by atoms with van der Waals surface area (Å²) in [4.78, 5) is 13.9. The average molecular weight is 256 g/mol. The number of hydrogen-bond acceptors (Lipinski definition) is 3. The van der Waals surface area contributed by atoms with Gasteiger partial charge in [0, 0.05) is 12.1 Å². The molecule has 1 rings (SSSR count). The van der Waals surface area contributed by atoms with Crippen LogP contribution < -0.4 is 5.32 Å². The fourth-order valence-corrected chi connectivity index (χ4v) is 2.93. The van der Waals surface area contributed by atoms with Crippen LogP contribution in [0.25, 0.3) is 0 Å². The van der Waals surface area contributed by atoms with Crippen molar-refractivity contribution in [3.63, 3.8) is 0 Å². The van der Waals surface area contributed by atoms with Crippen LogP contribution >= 0.6 is 0 Å². The van der Waals surface area contributed by atoms with E-state index < -0.39 is 11.5 Å². The molecule has 1 aliphatic carbocycles. The summed E-state index contributed by atoms with van der Waals surface area (Å²) in [5.74, 6) is -0.692. The van der Waals surface area contributed by atoms with Crippen LogP contribution in [-0.4, -0.2) is 47.2 Å². The molecule has 0 amide bonds. The molecule has 18 heavy (non-hydrogen) atoms. The van der Waals surface area contributed by atoms with Gasteiger partial charge in [-0.2, -0.15) is 0 Å². The number of aliphatic carboxylic acids is 1.